The normalized spacial score (nSPS) is 16.3. The fourth-order valence-corrected chi connectivity index (χ4v) is 3.71. The second kappa shape index (κ2) is 8.03. The Hall–Kier alpha value is -3.40. The summed E-state index contributed by atoms with van der Waals surface area (Å²) in [5.74, 6) is 2.00. The van der Waals surface area contributed by atoms with Gasteiger partial charge in [0, 0.05) is 5.56 Å². The van der Waals surface area contributed by atoms with Crippen molar-refractivity contribution in [3.05, 3.63) is 65.6 Å². The predicted octanol–water partition coefficient (Wildman–Crippen LogP) is 4.93. The Kier molecular flexibility index (Phi) is 5.06. The van der Waals surface area contributed by atoms with E-state index in [4.69, 9.17) is 18.4 Å². The third-order valence-corrected chi connectivity index (χ3v) is 5.63. The molecule has 0 N–H and O–H groups in total. The fraction of sp³-hybridized carbons (Fsp3) is 0.238. The van der Waals surface area contributed by atoms with Gasteiger partial charge in [-0.1, -0.05) is 41.2 Å². The molecule has 8 nitrogen and oxygen atoms in total. The first kappa shape index (κ1) is 19.6. The number of hydrogen-bond donors (Lipinski definition) is 0. The maximum Gasteiger partial charge on any atom is 0.277 e. The maximum atomic E-state index is 13.8. The smallest absolute Gasteiger partial charge is 0.277 e. The van der Waals surface area contributed by atoms with Gasteiger partial charge in [0.25, 0.3) is 11.1 Å². The third kappa shape index (κ3) is 3.98. The number of hydrogen-bond acceptors (Lipinski definition) is 9. The monoisotopic (exact) mass is 440 g/mol. The van der Waals surface area contributed by atoms with Crippen LogP contribution in [0.4, 0.5) is 4.39 Å². The lowest BCUT2D eigenvalue weighted by Gasteiger charge is -2.23. The molecule has 0 saturated carbocycles. The zero-order valence-corrected chi connectivity index (χ0v) is 17.4. The van der Waals surface area contributed by atoms with Gasteiger partial charge in [0.2, 0.25) is 17.8 Å². The van der Waals surface area contributed by atoms with E-state index in [1.165, 1.54) is 17.8 Å². The highest BCUT2D eigenvalue weighted by molar-refractivity contribution is 7.99. The third-order valence-electron chi connectivity index (χ3n) is 4.70. The molecule has 0 saturated heterocycles. The Labute approximate surface area is 180 Å². The Morgan fingerprint density at radius 1 is 1.13 bits per heavy atom. The van der Waals surface area contributed by atoms with Crippen molar-refractivity contribution in [2.45, 2.75) is 30.4 Å². The lowest BCUT2D eigenvalue weighted by molar-refractivity contribution is 0.0686. The van der Waals surface area contributed by atoms with Crippen LogP contribution in [0.25, 0.3) is 11.4 Å². The van der Waals surface area contributed by atoms with Crippen LogP contribution in [-0.4, -0.2) is 26.9 Å². The minimum atomic E-state index is -0.488. The summed E-state index contributed by atoms with van der Waals surface area (Å²) in [6, 6.07) is 12.2. The predicted molar refractivity (Wildman–Crippen MR) is 108 cm³/mol. The van der Waals surface area contributed by atoms with Crippen molar-refractivity contribution in [2.75, 3.05) is 6.61 Å². The van der Waals surface area contributed by atoms with Crippen molar-refractivity contribution in [3.8, 4) is 22.9 Å². The summed E-state index contributed by atoms with van der Waals surface area (Å²) in [5.41, 5.74) is 1.10. The van der Waals surface area contributed by atoms with Gasteiger partial charge >= 0.3 is 0 Å². The Morgan fingerprint density at radius 3 is 2.81 bits per heavy atom. The highest BCUT2D eigenvalue weighted by Crippen LogP contribution is 2.38. The van der Waals surface area contributed by atoms with Crippen LogP contribution in [-0.2, 0) is 0 Å². The molecule has 0 bridgehead atoms. The molecule has 0 spiro atoms. The van der Waals surface area contributed by atoms with Gasteiger partial charge in [0.1, 0.15) is 12.4 Å². The molecular formula is C21H17FN4O4S. The lowest BCUT2D eigenvalue weighted by atomic mass is 10.1. The molecule has 1 aliphatic rings. The van der Waals surface area contributed by atoms with E-state index in [9.17, 15) is 4.39 Å². The van der Waals surface area contributed by atoms with Crippen LogP contribution in [0.3, 0.4) is 0 Å². The number of aryl methyl sites for hydroxylation is 1. The van der Waals surface area contributed by atoms with E-state index in [0.717, 1.165) is 0 Å². The number of rotatable bonds is 5. The molecule has 158 valence electrons. The van der Waals surface area contributed by atoms with Gasteiger partial charge in [-0.2, -0.15) is 4.98 Å². The van der Waals surface area contributed by atoms with E-state index in [1.54, 1.807) is 19.1 Å². The van der Waals surface area contributed by atoms with Crippen LogP contribution in [0.5, 0.6) is 11.5 Å². The summed E-state index contributed by atoms with van der Waals surface area (Å²) in [6.45, 7) is 3.85. The molecular weight excluding hydrogens is 423 g/mol. The first-order valence-electron chi connectivity index (χ1n) is 9.55. The molecule has 10 heteroatoms. The van der Waals surface area contributed by atoms with E-state index in [2.05, 4.69) is 20.3 Å². The average Bonchev–Trinajstić information content (AvgIpc) is 3.45. The van der Waals surface area contributed by atoms with Gasteiger partial charge < -0.3 is 18.4 Å². The molecule has 3 heterocycles. The number of fused-ring (bicyclic) bond motifs is 1. The van der Waals surface area contributed by atoms with Crippen molar-refractivity contribution in [2.24, 2.45) is 0 Å². The van der Waals surface area contributed by atoms with Crippen molar-refractivity contribution in [1.29, 1.82) is 0 Å². The van der Waals surface area contributed by atoms with Gasteiger partial charge in [-0.15, -0.1) is 10.2 Å². The van der Waals surface area contributed by atoms with Crippen molar-refractivity contribution in [1.82, 2.24) is 20.3 Å². The molecule has 0 aliphatic carbocycles. The highest BCUT2D eigenvalue weighted by atomic mass is 32.2. The van der Waals surface area contributed by atoms with Gasteiger partial charge in [-0.3, -0.25) is 0 Å². The maximum absolute atomic E-state index is 13.8. The molecule has 1 aliphatic heterocycles. The van der Waals surface area contributed by atoms with Crippen LogP contribution < -0.4 is 9.47 Å². The summed E-state index contributed by atoms with van der Waals surface area (Å²) < 4.78 is 36.5. The highest BCUT2D eigenvalue weighted by Gasteiger charge is 2.28. The summed E-state index contributed by atoms with van der Waals surface area (Å²) in [7, 11) is 0. The van der Waals surface area contributed by atoms with Gasteiger partial charge in [0.05, 0.1) is 5.25 Å². The van der Waals surface area contributed by atoms with E-state index < -0.39 is 6.10 Å². The minimum absolute atomic E-state index is 0.255. The SMILES string of the molecule is Cc1ccc(-c2noc(C(C)Sc3nnc(C4COc5ccccc5O4)o3)n2)cc1F. The van der Waals surface area contributed by atoms with Crippen LogP contribution in [0.15, 0.2) is 56.6 Å². The number of ether oxygens (including phenoxy) is 2. The molecule has 2 atom stereocenters. The van der Waals surface area contributed by atoms with Crippen LogP contribution in [0.2, 0.25) is 0 Å². The molecule has 5 rings (SSSR count). The molecule has 0 radical (unpaired) electrons. The standard InChI is InChI=1S/C21H17FN4O4S/c1-11-7-8-13(9-14(11)22)18-23-19(30-26-18)12(2)31-21-25-24-20(29-21)17-10-27-15-5-3-4-6-16(15)28-17/h3-9,12,17H,10H2,1-2H3. The number of benzene rings is 2. The molecule has 2 aromatic heterocycles. The fourth-order valence-electron chi connectivity index (χ4n) is 2.99. The zero-order chi connectivity index (χ0) is 21.4. The van der Waals surface area contributed by atoms with Gasteiger partial charge in [-0.25, -0.2) is 4.39 Å². The summed E-state index contributed by atoms with van der Waals surface area (Å²) in [6.07, 6.45) is -0.488. The van der Waals surface area contributed by atoms with E-state index >= 15 is 0 Å². The van der Waals surface area contributed by atoms with Crippen LogP contribution in [0, 0.1) is 12.7 Å². The largest absolute Gasteiger partial charge is 0.485 e. The minimum Gasteiger partial charge on any atom is -0.485 e. The molecule has 4 aromatic rings. The quantitative estimate of drug-likeness (QED) is 0.400. The molecule has 2 unspecified atom stereocenters. The van der Waals surface area contributed by atoms with Crippen LogP contribution in [0.1, 0.15) is 35.6 Å². The topological polar surface area (TPSA) is 96.3 Å². The number of nitrogens with zero attached hydrogens (tertiary/aromatic N) is 4. The Balaban J connectivity index is 1.27. The summed E-state index contributed by atoms with van der Waals surface area (Å²) in [5, 5.41) is 12.2. The number of thioether (sulfide) groups is 1. The molecule has 31 heavy (non-hydrogen) atoms. The summed E-state index contributed by atoms with van der Waals surface area (Å²) >= 11 is 1.27. The van der Waals surface area contributed by atoms with Crippen molar-refractivity contribution < 1.29 is 22.8 Å². The summed E-state index contributed by atoms with van der Waals surface area (Å²) in [4.78, 5) is 4.37. The van der Waals surface area contributed by atoms with Crippen LogP contribution >= 0.6 is 11.8 Å². The van der Waals surface area contributed by atoms with Gasteiger partial charge in [0.15, 0.2) is 11.5 Å². The van der Waals surface area contributed by atoms with Crippen molar-refractivity contribution in [3.63, 3.8) is 0 Å². The number of aromatic nitrogens is 4. The lowest BCUT2D eigenvalue weighted by Crippen LogP contribution is -2.21. The number of para-hydroxylation sites is 2. The second-order valence-corrected chi connectivity index (χ2v) is 8.24. The first-order valence-corrected chi connectivity index (χ1v) is 10.4. The zero-order valence-electron chi connectivity index (χ0n) is 16.6. The van der Waals surface area contributed by atoms with Gasteiger partial charge in [-0.05, 0) is 37.6 Å². The second-order valence-electron chi connectivity index (χ2n) is 6.95. The molecule has 0 fully saturated rings. The first-order chi connectivity index (χ1) is 15.1. The number of halogens is 1. The molecule has 2 aromatic carbocycles. The van der Waals surface area contributed by atoms with Crippen molar-refractivity contribution >= 4 is 11.8 Å². The Morgan fingerprint density at radius 2 is 1.97 bits per heavy atom. The van der Waals surface area contributed by atoms with E-state index in [0.29, 0.717) is 45.5 Å². The van der Waals surface area contributed by atoms with E-state index in [-0.39, 0.29) is 17.7 Å². The van der Waals surface area contributed by atoms with E-state index in [1.807, 2.05) is 31.2 Å². The molecule has 0 amide bonds. The average molecular weight is 440 g/mol. The Bertz CT molecular complexity index is 1230.